The molecule has 0 aliphatic carbocycles. The Balaban J connectivity index is 1.98. The van der Waals surface area contributed by atoms with Crippen molar-refractivity contribution in [3.63, 3.8) is 0 Å². The molecular formula is C19H23NO4. The molecular weight excluding hydrogens is 306 g/mol. The number of hydrogen-bond donors (Lipinski definition) is 2. The SMILES string of the molecule is COc1ccc(/C(C)=C/C(=O)NCC(C)(O)c2ccc(C)o2)cc1. The number of ether oxygens (including phenoxy) is 1. The van der Waals surface area contributed by atoms with E-state index in [0.29, 0.717) is 11.5 Å². The number of allylic oxidation sites excluding steroid dienone is 1. The van der Waals surface area contributed by atoms with Crippen LogP contribution in [0.2, 0.25) is 0 Å². The number of aliphatic hydroxyl groups is 1. The number of carbonyl (C=O) groups excluding carboxylic acids is 1. The highest BCUT2D eigenvalue weighted by Gasteiger charge is 2.27. The number of methoxy groups -OCH3 is 1. The quantitative estimate of drug-likeness (QED) is 0.799. The first-order valence-corrected chi connectivity index (χ1v) is 7.71. The third kappa shape index (κ3) is 4.49. The Hall–Kier alpha value is -2.53. The Bertz CT molecular complexity index is 726. The molecule has 2 rings (SSSR count). The second-order valence-electron chi connectivity index (χ2n) is 5.96. The summed E-state index contributed by atoms with van der Waals surface area (Å²) in [7, 11) is 1.61. The van der Waals surface area contributed by atoms with Gasteiger partial charge in [0.1, 0.15) is 22.9 Å². The molecule has 5 heteroatoms. The van der Waals surface area contributed by atoms with Gasteiger partial charge in [0.25, 0.3) is 0 Å². The molecule has 1 aromatic heterocycles. The minimum atomic E-state index is -1.26. The summed E-state index contributed by atoms with van der Waals surface area (Å²) < 4.78 is 10.5. The van der Waals surface area contributed by atoms with Crippen molar-refractivity contribution < 1.29 is 19.1 Å². The van der Waals surface area contributed by atoms with E-state index in [-0.39, 0.29) is 12.5 Å². The molecule has 5 nitrogen and oxygen atoms in total. The van der Waals surface area contributed by atoms with Crippen molar-refractivity contribution >= 4 is 11.5 Å². The van der Waals surface area contributed by atoms with Crippen LogP contribution in [0.1, 0.15) is 30.9 Å². The molecule has 0 radical (unpaired) electrons. The highest BCUT2D eigenvalue weighted by molar-refractivity contribution is 5.94. The second kappa shape index (κ2) is 7.36. The molecule has 1 unspecified atom stereocenters. The van der Waals surface area contributed by atoms with Gasteiger partial charge in [-0.25, -0.2) is 0 Å². The summed E-state index contributed by atoms with van der Waals surface area (Å²) in [5.41, 5.74) is 0.495. The van der Waals surface area contributed by atoms with Crippen LogP contribution in [0.3, 0.4) is 0 Å². The van der Waals surface area contributed by atoms with Gasteiger partial charge in [-0.3, -0.25) is 4.79 Å². The first kappa shape index (κ1) is 17.8. The maximum absolute atomic E-state index is 12.1. The summed E-state index contributed by atoms with van der Waals surface area (Å²) in [5.74, 6) is 1.63. The van der Waals surface area contributed by atoms with Crippen LogP contribution in [0.15, 0.2) is 46.9 Å². The van der Waals surface area contributed by atoms with Crippen LogP contribution in [-0.4, -0.2) is 24.7 Å². The van der Waals surface area contributed by atoms with Crippen LogP contribution < -0.4 is 10.1 Å². The molecule has 2 aromatic rings. The Labute approximate surface area is 141 Å². The Kier molecular flexibility index (Phi) is 5.46. The summed E-state index contributed by atoms with van der Waals surface area (Å²) in [4.78, 5) is 12.1. The largest absolute Gasteiger partial charge is 0.497 e. The Morgan fingerprint density at radius 2 is 1.96 bits per heavy atom. The Morgan fingerprint density at radius 3 is 2.50 bits per heavy atom. The van der Waals surface area contributed by atoms with Crippen LogP contribution in [0, 0.1) is 6.92 Å². The maximum Gasteiger partial charge on any atom is 0.244 e. The fourth-order valence-electron chi connectivity index (χ4n) is 2.26. The summed E-state index contributed by atoms with van der Waals surface area (Å²) in [6.07, 6.45) is 1.51. The molecule has 0 spiro atoms. The first-order valence-electron chi connectivity index (χ1n) is 7.71. The zero-order valence-electron chi connectivity index (χ0n) is 14.4. The first-order chi connectivity index (χ1) is 11.3. The lowest BCUT2D eigenvalue weighted by Gasteiger charge is -2.20. The van der Waals surface area contributed by atoms with Gasteiger partial charge in [-0.05, 0) is 56.2 Å². The molecule has 0 saturated heterocycles. The van der Waals surface area contributed by atoms with E-state index in [2.05, 4.69) is 5.32 Å². The number of carbonyl (C=O) groups is 1. The molecule has 24 heavy (non-hydrogen) atoms. The molecule has 1 atom stereocenters. The van der Waals surface area contributed by atoms with E-state index in [9.17, 15) is 9.90 Å². The summed E-state index contributed by atoms with van der Waals surface area (Å²) in [6.45, 7) is 5.32. The third-order valence-electron chi connectivity index (χ3n) is 3.77. The fraction of sp³-hybridized carbons (Fsp3) is 0.316. The topological polar surface area (TPSA) is 71.7 Å². The number of furan rings is 1. The van der Waals surface area contributed by atoms with E-state index < -0.39 is 5.60 Å². The average Bonchev–Trinajstić information content (AvgIpc) is 3.00. The molecule has 0 fully saturated rings. The second-order valence-corrected chi connectivity index (χ2v) is 5.96. The minimum Gasteiger partial charge on any atom is -0.497 e. The number of hydrogen-bond acceptors (Lipinski definition) is 4. The number of benzene rings is 1. The van der Waals surface area contributed by atoms with Crippen LogP contribution in [0.4, 0.5) is 0 Å². The van der Waals surface area contributed by atoms with Crippen molar-refractivity contribution in [2.75, 3.05) is 13.7 Å². The van der Waals surface area contributed by atoms with Gasteiger partial charge in [-0.15, -0.1) is 0 Å². The highest BCUT2D eigenvalue weighted by atomic mass is 16.5. The molecule has 1 aromatic carbocycles. The van der Waals surface area contributed by atoms with Crippen molar-refractivity contribution in [1.82, 2.24) is 5.32 Å². The maximum atomic E-state index is 12.1. The molecule has 0 bridgehead atoms. The zero-order valence-corrected chi connectivity index (χ0v) is 14.4. The van der Waals surface area contributed by atoms with Crippen molar-refractivity contribution in [2.24, 2.45) is 0 Å². The molecule has 0 aliphatic rings. The van der Waals surface area contributed by atoms with Crippen LogP contribution in [0.25, 0.3) is 5.57 Å². The van der Waals surface area contributed by atoms with E-state index in [0.717, 1.165) is 16.9 Å². The summed E-state index contributed by atoms with van der Waals surface area (Å²) in [6, 6.07) is 10.9. The van der Waals surface area contributed by atoms with Gasteiger partial charge in [0.15, 0.2) is 0 Å². The summed E-state index contributed by atoms with van der Waals surface area (Å²) in [5, 5.41) is 13.1. The monoisotopic (exact) mass is 329 g/mol. The van der Waals surface area contributed by atoms with Crippen molar-refractivity contribution in [3.8, 4) is 5.75 Å². The lowest BCUT2D eigenvalue weighted by molar-refractivity contribution is -0.117. The van der Waals surface area contributed by atoms with Gasteiger partial charge in [-0.1, -0.05) is 12.1 Å². The highest BCUT2D eigenvalue weighted by Crippen LogP contribution is 2.22. The van der Waals surface area contributed by atoms with Gasteiger partial charge in [-0.2, -0.15) is 0 Å². The number of nitrogens with one attached hydrogen (secondary N) is 1. The smallest absolute Gasteiger partial charge is 0.244 e. The number of rotatable bonds is 6. The van der Waals surface area contributed by atoms with Crippen molar-refractivity contribution in [3.05, 3.63) is 59.6 Å². The van der Waals surface area contributed by atoms with E-state index in [1.54, 1.807) is 33.1 Å². The van der Waals surface area contributed by atoms with E-state index in [4.69, 9.17) is 9.15 Å². The molecule has 128 valence electrons. The number of amides is 1. The molecule has 0 saturated carbocycles. The van der Waals surface area contributed by atoms with Gasteiger partial charge < -0.3 is 19.6 Å². The molecule has 1 amide bonds. The predicted molar refractivity (Wildman–Crippen MR) is 92.7 cm³/mol. The zero-order chi connectivity index (χ0) is 17.7. The van der Waals surface area contributed by atoms with Gasteiger partial charge >= 0.3 is 0 Å². The van der Waals surface area contributed by atoms with Crippen molar-refractivity contribution in [2.45, 2.75) is 26.4 Å². The lowest BCUT2D eigenvalue weighted by Crippen LogP contribution is -2.37. The molecule has 0 aliphatic heterocycles. The van der Waals surface area contributed by atoms with Crippen LogP contribution in [-0.2, 0) is 10.4 Å². The molecule has 1 heterocycles. The van der Waals surface area contributed by atoms with Gasteiger partial charge in [0.05, 0.1) is 13.7 Å². The normalized spacial score (nSPS) is 14.1. The summed E-state index contributed by atoms with van der Waals surface area (Å²) >= 11 is 0. The Morgan fingerprint density at radius 1 is 1.29 bits per heavy atom. The van der Waals surface area contributed by atoms with Crippen LogP contribution in [0.5, 0.6) is 5.75 Å². The third-order valence-corrected chi connectivity index (χ3v) is 3.77. The van der Waals surface area contributed by atoms with Gasteiger partial charge in [0.2, 0.25) is 5.91 Å². The minimum absolute atomic E-state index is 0.0607. The van der Waals surface area contributed by atoms with E-state index in [1.807, 2.05) is 31.2 Å². The standard InChI is InChI=1S/C19H23NO4/c1-13(15-6-8-16(23-4)9-7-15)11-18(21)20-12-19(3,22)17-10-5-14(2)24-17/h5-11,22H,12H2,1-4H3,(H,20,21)/b13-11+. The predicted octanol–water partition coefficient (Wildman–Crippen LogP) is 3.02. The molecule has 2 N–H and O–H groups in total. The van der Waals surface area contributed by atoms with E-state index >= 15 is 0 Å². The van der Waals surface area contributed by atoms with Crippen molar-refractivity contribution in [1.29, 1.82) is 0 Å². The van der Waals surface area contributed by atoms with Crippen LogP contribution >= 0.6 is 0 Å². The average molecular weight is 329 g/mol. The number of aryl methyl sites for hydroxylation is 1. The van der Waals surface area contributed by atoms with Gasteiger partial charge in [0, 0.05) is 6.08 Å². The fourth-order valence-corrected chi connectivity index (χ4v) is 2.26. The van der Waals surface area contributed by atoms with E-state index in [1.165, 1.54) is 6.08 Å². The lowest BCUT2D eigenvalue weighted by atomic mass is 10.0.